The normalized spacial score (nSPS) is 15.7. The molecule has 2 aromatic rings. The highest BCUT2D eigenvalue weighted by Gasteiger charge is 2.35. The van der Waals surface area contributed by atoms with Crippen molar-refractivity contribution in [3.05, 3.63) is 71.3 Å². The molecule has 0 saturated carbocycles. The molecule has 226 valence electrons. The number of amides is 4. The Morgan fingerprint density at radius 2 is 1.67 bits per heavy atom. The first-order valence-corrected chi connectivity index (χ1v) is 13.4. The highest BCUT2D eigenvalue weighted by molar-refractivity contribution is 5.91. The number of hydrogen-bond acceptors (Lipinski definition) is 7. The summed E-state index contributed by atoms with van der Waals surface area (Å²) < 4.78 is 37.7. The summed E-state index contributed by atoms with van der Waals surface area (Å²) in [5, 5.41) is 7.48. The van der Waals surface area contributed by atoms with Crippen molar-refractivity contribution in [2.45, 2.75) is 50.7 Å². The summed E-state index contributed by atoms with van der Waals surface area (Å²) in [5.41, 5.74) is 1.05. The molecule has 4 amide bonds. The summed E-state index contributed by atoms with van der Waals surface area (Å²) in [4.78, 5) is 64.1. The maximum absolute atomic E-state index is 13.8. The maximum atomic E-state index is 13.8. The van der Waals surface area contributed by atoms with Crippen molar-refractivity contribution in [2.24, 2.45) is 0 Å². The highest BCUT2D eigenvalue weighted by atomic mass is 19.1. The van der Waals surface area contributed by atoms with Crippen molar-refractivity contribution in [1.82, 2.24) is 20.9 Å². The molecule has 1 heterocycles. The molecule has 1 fully saturated rings. The number of urea groups is 1. The first-order chi connectivity index (χ1) is 20.1. The van der Waals surface area contributed by atoms with Crippen LogP contribution in [0.1, 0.15) is 30.9 Å². The van der Waals surface area contributed by atoms with Gasteiger partial charge in [-0.2, -0.15) is 0 Å². The Labute approximate surface area is 241 Å². The van der Waals surface area contributed by atoms with E-state index in [-0.39, 0.29) is 24.4 Å². The molecule has 11 nitrogen and oxygen atoms in total. The molecule has 0 bridgehead atoms. The number of esters is 2. The summed E-state index contributed by atoms with van der Waals surface area (Å²) in [6.45, 7) is 1.36. The minimum Gasteiger partial charge on any atom is -0.467 e. The molecule has 2 aromatic carbocycles. The SMILES string of the molecule is COC(=O)[C@H](COC(=O)C1CCCN1C(C)=O)NC(=O)[C@H](Cc1cc(F)cc(F)c1)NC(=O)NCCc1ccccc1. The molecule has 1 aliphatic heterocycles. The van der Waals surface area contributed by atoms with Crippen molar-refractivity contribution >= 4 is 29.8 Å². The number of ether oxygens (including phenoxy) is 2. The summed E-state index contributed by atoms with van der Waals surface area (Å²) in [6.07, 6.45) is 1.19. The average molecular weight is 589 g/mol. The minimum absolute atomic E-state index is 0.0730. The number of carbonyl (C=O) groups is 5. The number of methoxy groups -OCH3 is 1. The fourth-order valence-electron chi connectivity index (χ4n) is 4.58. The van der Waals surface area contributed by atoms with Gasteiger partial charge in [-0.25, -0.2) is 23.2 Å². The number of rotatable bonds is 12. The molecular formula is C29H34F2N4O7. The first-order valence-electron chi connectivity index (χ1n) is 13.4. The number of hydrogen-bond donors (Lipinski definition) is 3. The molecule has 0 aliphatic carbocycles. The Morgan fingerprint density at radius 1 is 0.976 bits per heavy atom. The monoisotopic (exact) mass is 588 g/mol. The second kappa shape index (κ2) is 15.5. The zero-order valence-corrected chi connectivity index (χ0v) is 23.4. The molecule has 3 atom stereocenters. The second-order valence-corrected chi connectivity index (χ2v) is 9.76. The van der Waals surface area contributed by atoms with Gasteiger partial charge in [0.05, 0.1) is 7.11 Å². The third-order valence-electron chi connectivity index (χ3n) is 6.65. The van der Waals surface area contributed by atoms with Crippen LogP contribution in [0.3, 0.4) is 0 Å². The van der Waals surface area contributed by atoms with Crippen LogP contribution in [0.2, 0.25) is 0 Å². The molecule has 3 rings (SSSR count). The highest BCUT2D eigenvalue weighted by Crippen LogP contribution is 2.18. The van der Waals surface area contributed by atoms with E-state index in [1.54, 1.807) is 0 Å². The van der Waals surface area contributed by atoms with E-state index in [0.29, 0.717) is 31.9 Å². The maximum Gasteiger partial charge on any atom is 0.331 e. The van der Waals surface area contributed by atoms with Crippen LogP contribution in [0.4, 0.5) is 13.6 Å². The number of halogens is 2. The predicted octanol–water partition coefficient (Wildman–Crippen LogP) is 1.63. The average Bonchev–Trinajstić information content (AvgIpc) is 3.45. The van der Waals surface area contributed by atoms with Crippen molar-refractivity contribution < 1.29 is 42.2 Å². The van der Waals surface area contributed by atoms with Crippen LogP contribution in [0.5, 0.6) is 0 Å². The number of benzene rings is 2. The lowest BCUT2D eigenvalue weighted by molar-refractivity contribution is -0.157. The van der Waals surface area contributed by atoms with Crippen LogP contribution in [0.25, 0.3) is 0 Å². The summed E-state index contributed by atoms with van der Waals surface area (Å²) in [5.74, 6) is -4.61. The van der Waals surface area contributed by atoms with Gasteiger partial charge in [0.15, 0.2) is 6.04 Å². The Balaban J connectivity index is 1.68. The Bertz CT molecular complexity index is 1260. The van der Waals surface area contributed by atoms with E-state index in [4.69, 9.17) is 9.47 Å². The smallest absolute Gasteiger partial charge is 0.331 e. The van der Waals surface area contributed by atoms with Gasteiger partial charge in [0.1, 0.15) is 30.3 Å². The topological polar surface area (TPSA) is 143 Å². The standard InChI is InChI=1S/C29H34F2N4O7/c1-18(36)35-12-6-9-25(35)28(39)42-17-24(27(38)41-2)33-26(37)23(15-20-13-21(30)16-22(31)14-20)34-29(40)32-11-10-19-7-4-3-5-8-19/h3-5,7-8,13-14,16,23-25H,6,9-12,15,17H2,1-2H3,(H,33,37)(H2,32,34,40)/t23-,24-,25?/m0/s1. The Morgan fingerprint density at radius 3 is 2.31 bits per heavy atom. The van der Waals surface area contributed by atoms with E-state index < -0.39 is 60.2 Å². The van der Waals surface area contributed by atoms with Gasteiger partial charge in [0.25, 0.3) is 0 Å². The second-order valence-electron chi connectivity index (χ2n) is 9.76. The quantitative estimate of drug-likeness (QED) is 0.320. The van der Waals surface area contributed by atoms with Crippen molar-refractivity contribution in [3.8, 4) is 0 Å². The molecule has 1 saturated heterocycles. The zero-order chi connectivity index (χ0) is 30.6. The van der Waals surface area contributed by atoms with Crippen LogP contribution >= 0.6 is 0 Å². The molecule has 0 aromatic heterocycles. The van der Waals surface area contributed by atoms with Crippen molar-refractivity contribution in [3.63, 3.8) is 0 Å². The van der Waals surface area contributed by atoms with Gasteiger partial charge in [-0.05, 0) is 42.5 Å². The van der Waals surface area contributed by atoms with Crippen LogP contribution in [-0.2, 0) is 41.5 Å². The van der Waals surface area contributed by atoms with Gasteiger partial charge in [-0.3, -0.25) is 9.59 Å². The van der Waals surface area contributed by atoms with Gasteiger partial charge < -0.3 is 30.3 Å². The van der Waals surface area contributed by atoms with Gasteiger partial charge in [0, 0.05) is 32.5 Å². The first kappa shape index (κ1) is 32.0. The number of carbonyl (C=O) groups excluding carboxylic acids is 5. The van der Waals surface area contributed by atoms with Crippen molar-refractivity contribution in [2.75, 3.05) is 26.8 Å². The Hall–Kier alpha value is -4.55. The largest absolute Gasteiger partial charge is 0.467 e. The number of likely N-dealkylation sites (tertiary alicyclic amines) is 1. The van der Waals surface area contributed by atoms with Crippen LogP contribution in [-0.4, -0.2) is 79.6 Å². The number of nitrogens with zero attached hydrogens (tertiary/aromatic N) is 1. The van der Waals surface area contributed by atoms with E-state index in [9.17, 15) is 32.8 Å². The molecule has 0 spiro atoms. The van der Waals surface area contributed by atoms with Gasteiger partial charge in [0.2, 0.25) is 11.8 Å². The lowest BCUT2D eigenvalue weighted by Crippen LogP contribution is -2.56. The molecular weight excluding hydrogens is 554 g/mol. The summed E-state index contributed by atoms with van der Waals surface area (Å²) in [7, 11) is 1.07. The third-order valence-corrected chi connectivity index (χ3v) is 6.65. The van der Waals surface area contributed by atoms with E-state index in [0.717, 1.165) is 24.8 Å². The number of nitrogens with one attached hydrogen (secondary N) is 3. The van der Waals surface area contributed by atoms with E-state index in [1.165, 1.54) is 11.8 Å². The fourth-order valence-corrected chi connectivity index (χ4v) is 4.58. The van der Waals surface area contributed by atoms with E-state index in [2.05, 4.69) is 16.0 Å². The fraction of sp³-hybridized carbons (Fsp3) is 0.414. The minimum atomic E-state index is -1.46. The van der Waals surface area contributed by atoms with Crippen LogP contribution in [0.15, 0.2) is 48.5 Å². The molecule has 3 N–H and O–H groups in total. The Kier molecular flexibility index (Phi) is 11.8. The summed E-state index contributed by atoms with van der Waals surface area (Å²) in [6, 6.07) is 7.66. The van der Waals surface area contributed by atoms with Crippen LogP contribution in [0, 0.1) is 11.6 Å². The van der Waals surface area contributed by atoms with Gasteiger partial charge >= 0.3 is 18.0 Å². The summed E-state index contributed by atoms with van der Waals surface area (Å²) >= 11 is 0. The zero-order valence-electron chi connectivity index (χ0n) is 23.4. The lowest BCUT2D eigenvalue weighted by Gasteiger charge is -2.24. The van der Waals surface area contributed by atoms with E-state index in [1.807, 2.05) is 30.3 Å². The molecule has 42 heavy (non-hydrogen) atoms. The van der Waals surface area contributed by atoms with Gasteiger partial charge in [-0.1, -0.05) is 30.3 Å². The molecule has 0 radical (unpaired) electrons. The molecule has 13 heteroatoms. The van der Waals surface area contributed by atoms with Crippen LogP contribution < -0.4 is 16.0 Å². The van der Waals surface area contributed by atoms with E-state index >= 15 is 0 Å². The predicted molar refractivity (Wildman–Crippen MR) is 146 cm³/mol. The van der Waals surface area contributed by atoms with Crippen molar-refractivity contribution in [1.29, 1.82) is 0 Å². The molecule has 1 aliphatic rings. The van der Waals surface area contributed by atoms with Gasteiger partial charge in [-0.15, -0.1) is 0 Å². The molecule has 1 unspecified atom stereocenters. The third kappa shape index (κ3) is 9.53. The lowest BCUT2D eigenvalue weighted by atomic mass is 10.0.